The van der Waals surface area contributed by atoms with Gasteiger partial charge in [-0.15, -0.1) is 0 Å². The van der Waals surface area contributed by atoms with Crippen molar-refractivity contribution in [3.63, 3.8) is 0 Å². The molecule has 1 heterocycles. The van der Waals surface area contributed by atoms with E-state index < -0.39 is 0 Å². The monoisotopic (exact) mass is 334 g/mol. The Bertz CT molecular complexity index is 1160. The molecule has 26 heavy (non-hydrogen) atoms. The summed E-state index contributed by atoms with van der Waals surface area (Å²) in [5.41, 5.74) is 9.47. The number of hydrogen-bond acceptors (Lipinski definition) is 2. The van der Waals surface area contributed by atoms with Crippen LogP contribution in [0.25, 0.3) is 27.7 Å². The van der Waals surface area contributed by atoms with Crippen molar-refractivity contribution in [3.05, 3.63) is 102 Å². The Morgan fingerprint density at radius 3 is 2.69 bits per heavy atom. The smallest absolute Gasteiger partial charge is 0.0722 e. The Hall–Kier alpha value is -3.39. The number of hydrogen-bond donors (Lipinski definition) is 1. The van der Waals surface area contributed by atoms with Crippen LogP contribution in [-0.4, -0.2) is 4.98 Å². The summed E-state index contributed by atoms with van der Waals surface area (Å²) in [7, 11) is 0. The van der Waals surface area contributed by atoms with Crippen LogP contribution in [0, 0.1) is 0 Å². The summed E-state index contributed by atoms with van der Waals surface area (Å²) in [4.78, 5) is 4.42. The predicted molar refractivity (Wildman–Crippen MR) is 109 cm³/mol. The summed E-state index contributed by atoms with van der Waals surface area (Å²) in [6.07, 6.45) is 2.81. The number of nitrogens with zero attached hydrogens (tertiary/aromatic N) is 1. The molecule has 1 aliphatic carbocycles. The molecule has 0 unspecified atom stereocenters. The summed E-state index contributed by atoms with van der Waals surface area (Å²) < 4.78 is 0. The molecular formula is C24H18N2. The van der Waals surface area contributed by atoms with E-state index in [9.17, 15) is 0 Å². The Morgan fingerprint density at radius 2 is 1.73 bits per heavy atom. The van der Waals surface area contributed by atoms with Crippen LogP contribution in [0.2, 0.25) is 0 Å². The predicted octanol–water partition coefficient (Wildman–Crippen LogP) is 5.89. The molecule has 0 fully saturated rings. The molecule has 3 aromatic carbocycles. The van der Waals surface area contributed by atoms with Crippen molar-refractivity contribution in [1.29, 1.82) is 0 Å². The maximum atomic E-state index is 4.42. The van der Waals surface area contributed by atoms with Gasteiger partial charge in [0, 0.05) is 23.0 Å². The fraction of sp³-hybridized carbons (Fsp3) is 0.0417. The van der Waals surface area contributed by atoms with E-state index in [1.807, 2.05) is 12.3 Å². The highest BCUT2D eigenvalue weighted by molar-refractivity contribution is 5.86. The van der Waals surface area contributed by atoms with Crippen LogP contribution in [0.4, 0.5) is 5.69 Å². The lowest BCUT2D eigenvalue weighted by atomic mass is 10.0. The van der Waals surface area contributed by atoms with Crippen molar-refractivity contribution < 1.29 is 0 Å². The molecule has 0 saturated heterocycles. The second kappa shape index (κ2) is 5.85. The Morgan fingerprint density at radius 1 is 0.846 bits per heavy atom. The lowest BCUT2D eigenvalue weighted by Gasteiger charge is -2.12. The van der Waals surface area contributed by atoms with Gasteiger partial charge < -0.3 is 5.32 Å². The molecule has 1 aliphatic rings. The molecule has 4 aromatic rings. The number of fused-ring (bicyclic) bond motifs is 4. The third-order valence-corrected chi connectivity index (χ3v) is 5.04. The SMILES string of the molecule is C=C(Nc1ccc2cccnc2c1)c1ccc2c(c1)Cc1ccccc1-2. The maximum absolute atomic E-state index is 4.42. The molecule has 2 nitrogen and oxygen atoms in total. The number of nitrogens with one attached hydrogen (secondary N) is 1. The third kappa shape index (κ3) is 2.47. The van der Waals surface area contributed by atoms with Crippen molar-refractivity contribution in [3.8, 4) is 11.1 Å². The number of rotatable bonds is 3. The van der Waals surface area contributed by atoms with Gasteiger partial charge >= 0.3 is 0 Å². The molecule has 1 N–H and O–H groups in total. The van der Waals surface area contributed by atoms with Crippen LogP contribution in [0.1, 0.15) is 16.7 Å². The van der Waals surface area contributed by atoms with E-state index in [0.717, 1.165) is 34.3 Å². The Balaban J connectivity index is 1.43. The summed E-state index contributed by atoms with van der Waals surface area (Å²) in [5, 5.41) is 4.57. The molecule has 2 heteroatoms. The number of anilines is 1. The summed E-state index contributed by atoms with van der Waals surface area (Å²) in [6, 6.07) is 25.5. The van der Waals surface area contributed by atoms with Gasteiger partial charge in [-0.05, 0) is 58.5 Å². The minimum Gasteiger partial charge on any atom is -0.355 e. The van der Waals surface area contributed by atoms with Crippen molar-refractivity contribution in [2.75, 3.05) is 5.32 Å². The zero-order chi connectivity index (χ0) is 17.5. The molecule has 0 bridgehead atoms. The molecule has 0 radical (unpaired) electrons. The number of benzene rings is 3. The highest BCUT2D eigenvalue weighted by Gasteiger charge is 2.18. The van der Waals surface area contributed by atoms with Crippen LogP contribution < -0.4 is 5.32 Å². The zero-order valence-corrected chi connectivity index (χ0v) is 14.4. The van der Waals surface area contributed by atoms with E-state index in [1.54, 1.807) is 0 Å². The quantitative estimate of drug-likeness (QED) is 0.445. The molecule has 5 rings (SSSR count). The van der Waals surface area contributed by atoms with Gasteiger partial charge in [-0.2, -0.15) is 0 Å². The Labute approximate surface area is 152 Å². The minimum atomic E-state index is 0.902. The van der Waals surface area contributed by atoms with Gasteiger partial charge in [0.2, 0.25) is 0 Å². The summed E-state index contributed by atoms with van der Waals surface area (Å²) >= 11 is 0. The van der Waals surface area contributed by atoms with Crippen molar-refractivity contribution >= 4 is 22.3 Å². The highest BCUT2D eigenvalue weighted by atomic mass is 14.9. The molecule has 0 aliphatic heterocycles. The van der Waals surface area contributed by atoms with E-state index in [2.05, 4.69) is 83.6 Å². The van der Waals surface area contributed by atoms with Crippen LogP contribution >= 0.6 is 0 Å². The summed E-state index contributed by atoms with van der Waals surface area (Å²) in [5.74, 6) is 0. The molecular weight excluding hydrogens is 316 g/mol. The standard InChI is InChI=1S/C24H18N2/c1-16(26-21-10-8-17-6-4-12-25-24(17)15-21)18-9-11-23-20(13-18)14-19-5-2-3-7-22(19)23/h2-13,15,26H,1,14H2. The molecule has 124 valence electrons. The largest absolute Gasteiger partial charge is 0.355 e. The zero-order valence-electron chi connectivity index (χ0n) is 14.4. The van der Waals surface area contributed by atoms with Gasteiger partial charge in [0.15, 0.2) is 0 Å². The van der Waals surface area contributed by atoms with Crippen LogP contribution in [0.3, 0.4) is 0 Å². The normalized spacial score (nSPS) is 11.8. The fourth-order valence-corrected chi connectivity index (χ4v) is 3.72. The fourth-order valence-electron chi connectivity index (χ4n) is 3.72. The lowest BCUT2D eigenvalue weighted by Crippen LogP contribution is -1.98. The van der Waals surface area contributed by atoms with E-state index in [4.69, 9.17) is 0 Å². The number of aromatic nitrogens is 1. The van der Waals surface area contributed by atoms with Gasteiger partial charge in [0.25, 0.3) is 0 Å². The van der Waals surface area contributed by atoms with E-state index >= 15 is 0 Å². The molecule has 0 saturated carbocycles. The molecule has 1 aromatic heterocycles. The first-order valence-corrected chi connectivity index (χ1v) is 8.80. The van der Waals surface area contributed by atoms with Gasteiger partial charge in [0.05, 0.1) is 5.52 Å². The van der Waals surface area contributed by atoms with E-state index in [-0.39, 0.29) is 0 Å². The summed E-state index contributed by atoms with van der Waals surface area (Å²) in [6.45, 7) is 4.24. The van der Waals surface area contributed by atoms with Crippen molar-refractivity contribution in [2.45, 2.75) is 6.42 Å². The average molecular weight is 334 g/mol. The number of pyridine rings is 1. The molecule has 0 amide bonds. The average Bonchev–Trinajstić information content (AvgIpc) is 3.05. The van der Waals surface area contributed by atoms with Crippen molar-refractivity contribution in [2.24, 2.45) is 0 Å². The second-order valence-corrected chi connectivity index (χ2v) is 6.72. The van der Waals surface area contributed by atoms with Gasteiger partial charge in [-0.25, -0.2) is 0 Å². The highest BCUT2D eigenvalue weighted by Crippen LogP contribution is 2.37. The van der Waals surface area contributed by atoms with Crippen LogP contribution in [-0.2, 0) is 6.42 Å². The van der Waals surface area contributed by atoms with E-state index in [0.29, 0.717) is 0 Å². The first-order chi connectivity index (χ1) is 12.8. The first-order valence-electron chi connectivity index (χ1n) is 8.80. The van der Waals surface area contributed by atoms with Crippen LogP contribution in [0.15, 0.2) is 85.6 Å². The molecule has 0 atom stereocenters. The topological polar surface area (TPSA) is 24.9 Å². The van der Waals surface area contributed by atoms with Crippen molar-refractivity contribution in [1.82, 2.24) is 4.98 Å². The minimum absolute atomic E-state index is 0.902. The van der Waals surface area contributed by atoms with Gasteiger partial charge in [-0.3, -0.25) is 4.98 Å². The van der Waals surface area contributed by atoms with E-state index in [1.165, 1.54) is 22.3 Å². The first kappa shape index (κ1) is 14.9. The third-order valence-electron chi connectivity index (χ3n) is 5.04. The Kier molecular flexibility index (Phi) is 3.36. The van der Waals surface area contributed by atoms with Gasteiger partial charge in [0.1, 0.15) is 0 Å². The van der Waals surface area contributed by atoms with Crippen LogP contribution in [0.5, 0.6) is 0 Å². The lowest BCUT2D eigenvalue weighted by molar-refractivity contribution is 1.26. The van der Waals surface area contributed by atoms with Gasteiger partial charge in [-0.1, -0.05) is 55.1 Å². The second-order valence-electron chi connectivity index (χ2n) is 6.72. The molecule has 0 spiro atoms. The maximum Gasteiger partial charge on any atom is 0.0722 e.